The van der Waals surface area contributed by atoms with Gasteiger partial charge < -0.3 is 4.90 Å². The Kier molecular flexibility index (Phi) is 3.88. The summed E-state index contributed by atoms with van der Waals surface area (Å²) in [6, 6.07) is 24.1. The van der Waals surface area contributed by atoms with Gasteiger partial charge in [0.1, 0.15) is 0 Å². The Hall–Kier alpha value is -3.99. The van der Waals surface area contributed by atoms with Crippen LogP contribution in [-0.2, 0) is 0 Å². The molecule has 0 radical (unpaired) electrons. The van der Waals surface area contributed by atoms with Crippen LogP contribution in [0.4, 0.5) is 0 Å². The Labute approximate surface area is 167 Å². The molecule has 4 aromatic rings. The highest BCUT2D eigenvalue weighted by Gasteiger charge is 2.29. The number of carbonyl (C=O) groups excluding carboxylic acids is 1. The van der Waals surface area contributed by atoms with Crippen LogP contribution in [0.2, 0.25) is 0 Å². The molecular weight excluding hydrogens is 362 g/mol. The van der Waals surface area contributed by atoms with Crippen LogP contribution in [-0.4, -0.2) is 27.4 Å². The highest BCUT2D eigenvalue weighted by atomic mass is 16.2. The van der Waals surface area contributed by atoms with Crippen LogP contribution in [0, 0.1) is 0 Å². The van der Waals surface area contributed by atoms with Gasteiger partial charge in [-0.3, -0.25) is 14.2 Å². The van der Waals surface area contributed by atoms with E-state index in [1.165, 1.54) is 0 Å². The van der Waals surface area contributed by atoms with Gasteiger partial charge in [0.15, 0.2) is 5.82 Å². The number of hydrogen-bond acceptors (Lipinski definition) is 3. The number of para-hydroxylation sites is 2. The van der Waals surface area contributed by atoms with Crippen molar-refractivity contribution in [2.45, 2.75) is 0 Å². The minimum absolute atomic E-state index is 0.184. The van der Waals surface area contributed by atoms with Crippen molar-refractivity contribution in [2.24, 2.45) is 0 Å². The fourth-order valence-electron chi connectivity index (χ4n) is 3.69. The molecule has 0 fully saturated rings. The fraction of sp³-hybridized carbons (Fsp3) is 0.0417. The van der Waals surface area contributed by atoms with Gasteiger partial charge in [-0.25, -0.2) is 4.98 Å². The second kappa shape index (κ2) is 6.56. The first-order valence-corrected chi connectivity index (χ1v) is 9.31. The number of benzene rings is 3. The van der Waals surface area contributed by atoms with Gasteiger partial charge in [0.25, 0.3) is 11.5 Å². The van der Waals surface area contributed by atoms with E-state index < -0.39 is 0 Å². The lowest BCUT2D eigenvalue weighted by atomic mass is 10.1. The van der Waals surface area contributed by atoms with Crippen LogP contribution in [0.15, 0.2) is 83.7 Å². The summed E-state index contributed by atoms with van der Waals surface area (Å²) in [5, 5.41) is 0.516. The topological polar surface area (TPSA) is 55.2 Å². The summed E-state index contributed by atoms with van der Waals surface area (Å²) in [5.41, 5.74) is 2.90. The van der Waals surface area contributed by atoms with Crippen molar-refractivity contribution >= 4 is 28.6 Å². The molecule has 1 aliphatic heterocycles. The minimum atomic E-state index is -0.194. The number of nitrogens with zero attached hydrogens (tertiary/aromatic N) is 3. The average Bonchev–Trinajstić information content (AvgIpc) is 2.85. The van der Waals surface area contributed by atoms with E-state index in [1.54, 1.807) is 40.8 Å². The van der Waals surface area contributed by atoms with Gasteiger partial charge in [-0.05, 0) is 35.9 Å². The second-order valence-corrected chi connectivity index (χ2v) is 6.91. The number of amides is 1. The number of carbonyl (C=O) groups is 1. The van der Waals surface area contributed by atoms with Crippen LogP contribution >= 0.6 is 0 Å². The van der Waals surface area contributed by atoms with Crippen molar-refractivity contribution in [2.75, 3.05) is 7.05 Å². The molecule has 5 rings (SSSR count). The van der Waals surface area contributed by atoms with Crippen LogP contribution in [0.5, 0.6) is 0 Å². The van der Waals surface area contributed by atoms with E-state index in [4.69, 9.17) is 4.98 Å². The van der Waals surface area contributed by atoms with E-state index in [-0.39, 0.29) is 11.5 Å². The van der Waals surface area contributed by atoms with E-state index in [9.17, 15) is 9.59 Å². The molecule has 0 spiro atoms. The third-order valence-corrected chi connectivity index (χ3v) is 5.15. The maximum atomic E-state index is 13.5. The van der Waals surface area contributed by atoms with E-state index in [0.29, 0.717) is 33.7 Å². The zero-order valence-corrected chi connectivity index (χ0v) is 15.7. The van der Waals surface area contributed by atoms with Gasteiger partial charge in [-0.15, -0.1) is 0 Å². The molecule has 1 aliphatic rings. The monoisotopic (exact) mass is 379 g/mol. The molecule has 0 unspecified atom stereocenters. The molecule has 0 saturated carbocycles. The van der Waals surface area contributed by atoms with E-state index in [2.05, 4.69) is 0 Å². The normalized spacial score (nSPS) is 14.6. The number of rotatable bonds is 1. The van der Waals surface area contributed by atoms with Crippen molar-refractivity contribution in [1.29, 1.82) is 0 Å². The lowest BCUT2D eigenvalue weighted by Gasteiger charge is -2.19. The predicted molar refractivity (Wildman–Crippen MR) is 114 cm³/mol. The first kappa shape index (κ1) is 17.1. The number of hydrogen-bond donors (Lipinski definition) is 0. The maximum absolute atomic E-state index is 13.5. The van der Waals surface area contributed by atoms with Gasteiger partial charge in [0, 0.05) is 7.05 Å². The van der Waals surface area contributed by atoms with E-state index >= 15 is 0 Å². The van der Waals surface area contributed by atoms with Gasteiger partial charge >= 0.3 is 0 Å². The Morgan fingerprint density at radius 2 is 1.52 bits per heavy atom. The molecule has 29 heavy (non-hydrogen) atoms. The van der Waals surface area contributed by atoms with Gasteiger partial charge in [-0.1, -0.05) is 54.6 Å². The Morgan fingerprint density at radius 3 is 2.34 bits per heavy atom. The molecule has 5 nitrogen and oxygen atoms in total. The van der Waals surface area contributed by atoms with Crippen LogP contribution in [0.25, 0.3) is 28.4 Å². The molecule has 5 heteroatoms. The number of aromatic nitrogens is 2. The van der Waals surface area contributed by atoms with Crippen LogP contribution in [0.1, 0.15) is 21.7 Å². The third-order valence-electron chi connectivity index (χ3n) is 5.15. The lowest BCUT2D eigenvalue weighted by Crippen LogP contribution is -2.26. The molecule has 1 amide bonds. The first-order chi connectivity index (χ1) is 14.1. The Balaban J connectivity index is 1.94. The standard InChI is InChI=1S/C24H17N3O2/c1-26-21(15-16-9-3-2-4-10-16)22-25-19-13-7-5-11-17(19)24(29)27(22)20-14-8-6-12-18(20)23(26)28/h2-15H,1H3/b21-15+. The van der Waals surface area contributed by atoms with Crippen molar-refractivity contribution < 1.29 is 4.79 Å². The zero-order valence-electron chi connectivity index (χ0n) is 15.7. The maximum Gasteiger partial charge on any atom is 0.266 e. The van der Waals surface area contributed by atoms with Crippen molar-refractivity contribution in [3.05, 3.63) is 106 Å². The van der Waals surface area contributed by atoms with Crippen LogP contribution < -0.4 is 5.56 Å². The molecule has 140 valence electrons. The molecule has 0 atom stereocenters. The molecule has 3 aromatic carbocycles. The predicted octanol–water partition coefficient (Wildman–Crippen LogP) is 3.97. The first-order valence-electron chi connectivity index (χ1n) is 9.31. The summed E-state index contributed by atoms with van der Waals surface area (Å²) >= 11 is 0. The molecule has 2 heterocycles. The summed E-state index contributed by atoms with van der Waals surface area (Å²) in [4.78, 5) is 33.1. The molecule has 1 aromatic heterocycles. The summed E-state index contributed by atoms with van der Waals surface area (Å²) in [7, 11) is 1.71. The molecular formula is C24H17N3O2. The van der Waals surface area contributed by atoms with Crippen molar-refractivity contribution in [3.63, 3.8) is 0 Å². The summed E-state index contributed by atoms with van der Waals surface area (Å²) in [6.07, 6.45) is 1.89. The largest absolute Gasteiger partial charge is 0.308 e. The molecule has 0 bridgehead atoms. The van der Waals surface area contributed by atoms with Crippen LogP contribution in [0.3, 0.4) is 0 Å². The Morgan fingerprint density at radius 1 is 0.828 bits per heavy atom. The highest BCUT2D eigenvalue weighted by molar-refractivity contribution is 6.05. The van der Waals surface area contributed by atoms with E-state index in [1.807, 2.05) is 60.7 Å². The Bertz CT molecular complexity index is 1350. The second-order valence-electron chi connectivity index (χ2n) is 6.91. The zero-order chi connectivity index (χ0) is 20.0. The van der Waals surface area contributed by atoms with Gasteiger partial charge in [-0.2, -0.15) is 0 Å². The number of fused-ring (bicyclic) bond motifs is 4. The van der Waals surface area contributed by atoms with Gasteiger partial charge in [0.05, 0.1) is 27.9 Å². The minimum Gasteiger partial charge on any atom is -0.308 e. The van der Waals surface area contributed by atoms with Gasteiger partial charge in [0.2, 0.25) is 0 Å². The summed E-state index contributed by atoms with van der Waals surface area (Å²) in [5.74, 6) is 0.259. The van der Waals surface area contributed by atoms with Crippen molar-refractivity contribution in [1.82, 2.24) is 14.5 Å². The summed E-state index contributed by atoms with van der Waals surface area (Å²) < 4.78 is 1.55. The van der Waals surface area contributed by atoms with E-state index in [0.717, 1.165) is 5.56 Å². The highest BCUT2D eigenvalue weighted by Crippen LogP contribution is 2.30. The molecule has 0 N–H and O–H groups in total. The average molecular weight is 379 g/mol. The third kappa shape index (κ3) is 2.67. The van der Waals surface area contributed by atoms with Crippen molar-refractivity contribution in [3.8, 4) is 5.69 Å². The quantitative estimate of drug-likeness (QED) is 0.503. The summed E-state index contributed by atoms with van der Waals surface area (Å²) in [6.45, 7) is 0. The fourth-order valence-corrected chi connectivity index (χ4v) is 3.69. The molecule has 0 saturated heterocycles. The lowest BCUT2D eigenvalue weighted by molar-refractivity contribution is 0.0863. The molecule has 0 aliphatic carbocycles. The SMILES string of the molecule is CN1C(=O)c2ccccc2-n2c(nc3ccccc3c2=O)/C1=C\c1ccccc1. The smallest absolute Gasteiger partial charge is 0.266 e.